The summed E-state index contributed by atoms with van der Waals surface area (Å²) in [7, 11) is 0. The number of unbranched alkanes of at least 4 members (excludes halogenated alkanes) is 82. The molecular weight excluding hydrogens is 1420 g/mol. The lowest BCUT2D eigenvalue weighted by Crippen LogP contribution is -2.63. The Morgan fingerprint density at radius 3 is 0.419 bits per heavy atom. The van der Waals surface area contributed by atoms with Crippen LogP contribution in [0.25, 0.3) is 0 Å². The van der Waals surface area contributed by atoms with E-state index in [9.17, 15) is 10.2 Å². The van der Waals surface area contributed by atoms with Crippen molar-refractivity contribution < 1.29 is 15.0 Å². The third-order valence-corrected chi connectivity index (χ3v) is 30.3. The van der Waals surface area contributed by atoms with Gasteiger partial charge in [0.2, 0.25) is 0 Å². The van der Waals surface area contributed by atoms with Gasteiger partial charge in [-0.15, -0.1) is 0 Å². The molecule has 0 aromatic rings. The number of carbonyl (C=O) groups is 1. The van der Waals surface area contributed by atoms with Gasteiger partial charge in [-0.3, -0.25) is 4.79 Å². The molecule has 0 radical (unpaired) electrons. The van der Waals surface area contributed by atoms with Gasteiger partial charge in [0, 0.05) is 6.61 Å². The summed E-state index contributed by atoms with van der Waals surface area (Å²) in [5.41, 5.74) is -0.921. The zero-order valence-electron chi connectivity index (χ0n) is 83.2. The van der Waals surface area contributed by atoms with E-state index < -0.39 is 5.41 Å². The van der Waals surface area contributed by atoms with Gasteiger partial charge in [0.05, 0.1) is 5.41 Å². The van der Waals surface area contributed by atoms with Gasteiger partial charge in [0.15, 0.2) is 0 Å². The molecule has 0 rings (SSSR count). The van der Waals surface area contributed by atoms with Gasteiger partial charge >= 0.3 is 5.97 Å². The lowest BCUT2D eigenvalue weighted by molar-refractivity contribution is -0.215. The van der Waals surface area contributed by atoms with Gasteiger partial charge in [0.25, 0.3) is 0 Å². The Balaban J connectivity index is 9.84. The summed E-state index contributed by atoms with van der Waals surface area (Å²) in [5, 5.41) is 23.5. The van der Waals surface area contributed by atoms with Crippen molar-refractivity contribution in [2.45, 2.75) is 697 Å². The summed E-state index contributed by atoms with van der Waals surface area (Å²) in [5.74, 6) is -0.288. The summed E-state index contributed by atoms with van der Waals surface area (Å²) in [6.07, 6.45) is 134. The van der Waals surface area contributed by atoms with Crippen molar-refractivity contribution in [3.8, 4) is 0 Å². The Kier molecular flexibility index (Phi) is 92.6. The molecule has 702 valence electrons. The van der Waals surface area contributed by atoms with E-state index >= 15 is 4.79 Å². The maximum atomic E-state index is 17.0. The van der Waals surface area contributed by atoms with E-state index in [1.165, 1.54) is 610 Å². The highest BCUT2D eigenvalue weighted by atomic mass is 16.4. The van der Waals surface area contributed by atoms with Gasteiger partial charge in [-0.25, -0.2) is 0 Å². The van der Waals surface area contributed by atoms with Crippen LogP contribution < -0.4 is 0 Å². The fourth-order valence-electron chi connectivity index (χ4n) is 22.8. The smallest absolute Gasteiger partial charge is 0.310 e. The molecule has 0 bridgehead atoms. The predicted molar refractivity (Wildman–Crippen MR) is 532 cm³/mol. The summed E-state index contributed by atoms with van der Waals surface area (Å²) >= 11 is 0. The molecular formula is C114H228O3. The van der Waals surface area contributed by atoms with Crippen LogP contribution in [-0.2, 0) is 4.79 Å². The van der Waals surface area contributed by atoms with Gasteiger partial charge in [-0.1, -0.05) is 633 Å². The minimum atomic E-state index is -0.734. The first-order valence-corrected chi connectivity index (χ1v) is 56.6. The molecule has 2 N–H and O–H groups in total. The van der Waals surface area contributed by atoms with Gasteiger partial charge in [-0.2, -0.15) is 0 Å². The third kappa shape index (κ3) is 64.8. The Morgan fingerprint density at radius 2 is 0.274 bits per heavy atom. The summed E-state index contributed by atoms with van der Waals surface area (Å²) in [6, 6.07) is 0. The topological polar surface area (TPSA) is 57.5 Å². The van der Waals surface area contributed by atoms with Crippen LogP contribution in [0.5, 0.6) is 0 Å². The molecule has 0 fully saturated rings. The second-order valence-corrected chi connectivity index (χ2v) is 40.7. The predicted octanol–water partition coefficient (Wildman–Crippen LogP) is 42.2. The number of hydrogen-bond acceptors (Lipinski definition) is 2. The minimum absolute atomic E-state index is 0.0389. The molecule has 0 aliphatic carbocycles. The molecule has 0 heterocycles. The number of rotatable bonds is 105. The van der Waals surface area contributed by atoms with Crippen LogP contribution in [0.1, 0.15) is 697 Å². The Labute approximate surface area is 742 Å². The Hall–Kier alpha value is -0.570. The van der Waals surface area contributed by atoms with E-state index in [0.29, 0.717) is 6.61 Å². The number of carboxylic acids is 1. The lowest BCUT2D eigenvalue weighted by Gasteiger charge is -2.68. The van der Waals surface area contributed by atoms with Crippen molar-refractivity contribution >= 4 is 5.97 Å². The van der Waals surface area contributed by atoms with E-state index in [2.05, 4.69) is 55.4 Å². The molecule has 117 heavy (non-hydrogen) atoms. The number of hydrogen-bond donors (Lipinski definition) is 2. The van der Waals surface area contributed by atoms with E-state index in [4.69, 9.17) is 0 Å². The normalized spacial score (nSPS) is 12.4. The molecule has 0 unspecified atom stereocenters. The molecule has 0 saturated carbocycles. The maximum absolute atomic E-state index is 17.0. The number of carboxylic acid groups (broad SMARTS) is 1. The second-order valence-electron chi connectivity index (χ2n) is 40.7. The molecule has 0 atom stereocenters. The average Bonchev–Trinajstić information content (AvgIpc) is 0.691. The maximum Gasteiger partial charge on any atom is 0.310 e. The minimum Gasteiger partial charge on any atom is -0.481 e. The first kappa shape index (κ1) is 116. The lowest BCUT2D eigenvalue weighted by atomic mass is 9.35. The SMILES string of the molecule is CCCCCCCCCCCCC(CCCCCCCCCCCC)(CCCCCCCCCCCCCO)C(CCCCCCCCCCCC)(CCCCCCCCCCCC)C(CCCCCCCCCCCC)(CCCCCCCCCCCC)C(CCCCCCCCCCCC)(CCCCCCCCCCCC)C(=O)O. The van der Waals surface area contributed by atoms with Crippen molar-refractivity contribution in [2.75, 3.05) is 6.61 Å². The van der Waals surface area contributed by atoms with E-state index in [0.717, 1.165) is 32.1 Å². The first-order valence-electron chi connectivity index (χ1n) is 56.6. The van der Waals surface area contributed by atoms with Crippen LogP contribution in [0.4, 0.5) is 0 Å². The molecule has 3 heteroatoms. The van der Waals surface area contributed by atoms with E-state index in [1.54, 1.807) is 0 Å². The quantitative estimate of drug-likeness (QED) is 0.0597. The second kappa shape index (κ2) is 93.1. The molecule has 3 nitrogen and oxygen atoms in total. The first-order chi connectivity index (χ1) is 57.7. The van der Waals surface area contributed by atoms with E-state index in [-0.39, 0.29) is 22.2 Å². The Bertz CT molecular complexity index is 1750. The van der Waals surface area contributed by atoms with Crippen LogP contribution >= 0.6 is 0 Å². The molecule has 0 aliphatic rings. The number of aliphatic hydroxyl groups excluding tert-OH is 1. The molecule has 0 aliphatic heterocycles. The van der Waals surface area contributed by atoms with Crippen molar-refractivity contribution in [1.82, 2.24) is 0 Å². The number of aliphatic carboxylic acids is 1. The van der Waals surface area contributed by atoms with Crippen molar-refractivity contribution in [3.63, 3.8) is 0 Å². The highest BCUT2D eigenvalue weighted by molar-refractivity contribution is 5.76. The van der Waals surface area contributed by atoms with Crippen molar-refractivity contribution in [2.24, 2.45) is 21.7 Å². The molecule has 0 spiro atoms. The zero-order chi connectivity index (χ0) is 85.0. The standard InChI is InChI=1S/C114H228O3/c1-9-17-25-33-41-49-60-70-80-90-100-111(101-91-81-71-61-50-42-34-26-18-10-2,102-92-82-72-62-58-57-59-69-79-89-99-109-115)113(105-95-85-75-65-53-45-37-29-21-13-5,106-96-86-76-66-54-46-38-30-22-14-6)114(107-97-87-77-67-55-47-39-31-23-15-7,108-98-88-78-68-56-48-40-32-24-16-8)112(110(116)117,103-93-83-73-63-51-43-35-27-19-11-3)104-94-84-74-64-52-44-36-28-20-12-4/h115H,9-109H2,1-8H3,(H,116,117). The highest BCUT2D eigenvalue weighted by Gasteiger charge is 2.68. The molecule has 0 aromatic carbocycles. The molecule has 0 saturated heterocycles. The van der Waals surface area contributed by atoms with Crippen LogP contribution in [0.3, 0.4) is 0 Å². The fourth-order valence-corrected chi connectivity index (χ4v) is 22.8. The van der Waals surface area contributed by atoms with Crippen LogP contribution in [-0.4, -0.2) is 22.8 Å². The van der Waals surface area contributed by atoms with E-state index in [1.807, 2.05) is 0 Å². The third-order valence-electron chi connectivity index (χ3n) is 30.3. The monoisotopic (exact) mass is 1650 g/mol. The molecule has 0 amide bonds. The fraction of sp³-hybridized carbons (Fsp3) is 0.991. The Morgan fingerprint density at radius 1 is 0.154 bits per heavy atom. The summed E-state index contributed by atoms with van der Waals surface area (Å²) < 4.78 is 0. The highest BCUT2D eigenvalue weighted by Crippen LogP contribution is 2.74. The van der Waals surface area contributed by atoms with Gasteiger partial charge < -0.3 is 10.2 Å². The van der Waals surface area contributed by atoms with Crippen LogP contribution in [0, 0.1) is 21.7 Å². The van der Waals surface area contributed by atoms with Crippen molar-refractivity contribution in [3.05, 3.63) is 0 Å². The van der Waals surface area contributed by atoms with Gasteiger partial charge in [-0.05, 0) is 80.5 Å². The zero-order valence-corrected chi connectivity index (χ0v) is 83.2. The summed E-state index contributed by atoms with van der Waals surface area (Å²) in [6.45, 7) is 19.4. The number of aliphatic hydroxyl groups is 1. The molecule has 0 aromatic heterocycles. The van der Waals surface area contributed by atoms with Crippen LogP contribution in [0.2, 0.25) is 0 Å². The van der Waals surface area contributed by atoms with Gasteiger partial charge in [0.1, 0.15) is 0 Å². The largest absolute Gasteiger partial charge is 0.481 e. The summed E-state index contributed by atoms with van der Waals surface area (Å²) in [4.78, 5) is 17.0. The average molecular weight is 1650 g/mol. The van der Waals surface area contributed by atoms with Crippen molar-refractivity contribution in [1.29, 1.82) is 0 Å². The van der Waals surface area contributed by atoms with Crippen LogP contribution in [0.15, 0.2) is 0 Å².